The fourth-order valence-corrected chi connectivity index (χ4v) is 1.93. The van der Waals surface area contributed by atoms with Gasteiger partial charge in [0.1, 0.15) is 6.61 Å². The van der Waals surface area contributed by atoms with Crippen molar-refractivity contribution in [1.82, 2.24) is 24.5 Å². The van der Waals surface area contributed by atoms with Crippen LogP contribution in [0, 0.1) is 0 Å². The highest BCUT2D eigenvalue weighted by molar-refractivity contribution is 5.62. The minimum absolute atomic E-state index is 0.625. The highest BCUT2D eigenvalue weighted by atomic mass is 16.5. The van der Waals surface area contributed by atoms with E-state index < -0.39 is 0 Å². The quantitative estimate of drug-likeness (QED) is 0.725. The van der Waals surface area contributed by atoms with Gasteiger partial charge in [0.05, 0.1) is 6.20 Å². The lowest BCUT2D eigenvalue weighted by Gasteiger charge is -2.10. The second-order valence-corrected chi connectivity index (χ2v) is 5.01. The molecule has 0 fully saturated rings. The van der Waals surface area contributed by atoms with Crippen LogP contribution in [0.15, 0.2) is 43.0 Å². The van der Waals surface area contributed by atoms with Crippen LogP contribution in [-0.4, -0.2) is 51.7 Å². The van der Waals surface area contributed by atoms with Crippen molar-refractivity contribution in [1.29, 1.82) is 0 Å². The summed E-state index contributed by atoms with van der Waals surface area (Å²) in [6.07, 6.45) is 7.27. The second kappa shape index (κ2) is 8.24. The molecule has 0 aliphatic carbocycles. The van der Waals surface area contributed by atoms with Gasteiger partial charge in [-0.2, -0.15) is 5.10 Å². The molecule has 3 rings (SSSR count). The summed E-state index contributed by atoms with van der Waals surface area (Å²) in [5.41, 5.74) is 2.79. The molecule has 0 aromatic carbocycles. The van der Waals surface area contributed by atoms with Gasteiger partial charge >= 0.3 is 0 Å². The smallest absolute Gasteiger partial charge is 0.213 e. The normalized spacial score (nSPS) is 10.5. The molecule has 0 unspecified atom stereocenters. The lowest BCUT2D eigenvalue weighted by Crippen LogP contribution is -2.19. The number of fused-ring (bicyclic) bond motifs is 1. The molecular formula is C17H23N5O. The third kappa shape index (κ3) is 4.50. The molecule has 122 valence electrons. The van der Waals surface area contributed by atoms with E-state index in [1.807, 2.05) is 58.5 Å². The molecule has 23 heavy (non-hydrogen) atoms. The van der Waals surface area contributed by atoms with E-state index in [4.69, 9.17) is 4.74 Å². The van der Waals surface area contributed by atoms with Crippen molar-refractivity contribution in [2.75, 3.05) is 27.2 Å². The molecule has 0 spiro atoms. The third-order valence-corrected chi connectivity index (χ3v) is 3.10. The van der Waals surface area contributed by atoms with Crippen LogP contribution in [0.3, 0.4) is 0 Å². The van der Waals surface area contributed by atoms with Crippen LogP contribution in [0.2, 0.25) is 0 Å². The number of rotatable bonds is 5. The van der Waals surface area contributed by atoms with Gasteiger partial charge in [-0.15, -0.1) is 0 Å². The minimum Gasteiger partial charge on any atom is -0.476 e. The largest absolute Gasteiger partial charge is 0.476 e. The summed E-state index contributed by atoms with van der Waals surface area (Å²) in [6, 6.07) is 5.71. The molecule has 6 nitrogen and oxygen atoms in total. The van der Waals surface area contributed by atoms with Crippen LogP contribution >= 0.6 is 0 Å². The Morgan fingerprint density at radius 1 is 1.04 bits per heavy atom. The lowest BCUT2D eigenvalue weighted by atomic mass is 10.1. The maximum atomic E-state index is 5.58. The number of ether oxygens (including phenoxy) is 1. The van der Waals surface area contributed by atoms with Crippen molar-refractivity contribution in [3.8, 4) is 17.0 Å². The molecule has 3 aromatic rings. The maximum Gasteiger partial charge on any atom is 0.213 e. The SMILES string of the molecule is CC.CN(C)CCOc1ccc(-c2cnc3ccnn3c2)cn1. The number of pyridine rings is 1. The maximum absolute atomic E-state index is 5.58. The Balaban J connectivity index is 0.000000924. The Bertz CT molecular complexity index is 721. The fourth-order valence-electron chi connectivity index (χ4n) is 1.93. The molecule has 0 radical (unpaired) electrons. The van der Waals surface area contributed by atoms with Gasteiger partial charge < -0.3 is 9.64 Å². The Kier molecular flexibility index (Phi) is 6.05. The van der Waals surface area contributed by atoms with Gasteiger partial charge in [0.25, 0.3) is 0 Å². The van der Waals surface area contributed by atoms with Crippen molar-refractivity contribution in [2.24, 2.45) is 0 Å². The predicted molar refractivity (Wildman–Crippen MR) is 91.6 cm³/mol. The van der Waals surface area contributed by atoms with Crippen LogP contribution < -0.4 is 4.74 Å². The zero-order valence-electron chi connectivity index (χ0n) is 14.1. The highest BCUT2D eigenvalue weighted by Crippen LogP contribution is 2.19. The van der Waals surface area contributed by atoms with Crippen LogP contribution in [0.5, 0.6) is 5.88 Å². The molecule has 0 aliphatic rings. The van der Waals surface area contributed by atoms with Gasteiger partial charge in [-0.3, -0.25) is 0 Å². The molecular weight excluding hydrogens is 290 g/mol. The van der Waals surface area contributed by atoms with E-state index in [9.17, 15) is 0 Å². The van der Waals surface area contributed by atoms with Gasteiger partial charge in [0.15, 0.2) is 5.65 Å². The molecule has 0 saturated heterocycles. The Hall–Kier alpha value is -2.47. The van der Waals surface area contributed by atoms with Crippen molar-refractivity contribution >= 4 is 5.65 Å². The molecule has 3 heterocycles. The summed E-state index contributed by atoms with van der Waals surface area (Å²) < 4.78 is 7.33. The summed E-state index contributed by atoms with van der Waals surface area (Å²) in [7, 11) is 4.02. The van der Waals surface area contributed by atoms with Crippen LogP contribution in [0.25, 0.3) is 16.8 Å². The topological polar surface area (TPSA) is 55.5 Å². The Morgan fingerprint density at radius 2 is 1.83 bits per heavy atom. The molecule has 0 bridgehead atoms. The summed E-state index contributed by atoms with van der Waals surface area (Å²) in [4.78, 5) is 10.7. The summed E-state index contributed by atoms with van der Waals surface area (Å²) in [5.74, 6) is 0.633. The Labute approximate surface area is 136 Å². The molecule has 6 heteroatoms. The zero-order chi connectivity index (χ0) is 16.7. The van der Waals surface area contributed by atoms with E-state index in [1.54, 1.807) is 16.9 Å². The van der Waals surface area contributed by atoms with Crippen molar-refractivity contribution < 1.29 is 4.74 Å². The molecule has 0 atom stereocenters. The van der Waals surface area contributed by atoms with Crippen LogP contribution in [-0.2, 0) is 0 Å². The summed E-state index contributed by atoms with van der Waals surface area (Å²) >= 11 is 0. The first-order chi connectivity index (χ1) is 11.2. The molecule has 3 aromatic heterocycles. The van der Waals surface area contributed by atoms with E-state index in [-0.39, 0.29) is 0 Å². The fraction of sp³-hybridized carbons (Fsp3) is 0.353. The minimum atomic E-state index is 0.625. The van der Waals surface area contributed by atoms with Gasteiger partial charge in [-0.1, -0.05) is 13.8 Å². The van der Waals surface area contributed by atoms with Gasteiger partial charge in [0.2, 0.25) is 5.88 Å². The molecule has 0 amide bonds. The van der Waals surface area contributed by atoms with Gasteiger partial charge in [-0.25, -0.2) is 14.5 Å². The van der Waals surface area contributed by atoms with Crippen molar-refractivity contribution in [3.05, 3.63) is 43.0 Å². The first-order valence-corrected chi connectivity index (χ1v) is 7.76. The monoisotopic (exact) mass is 313 g/mol. The summed E-state index contributed by atoms with van der Waals surface area (Å²) in [6.45, 7) is 5.49. The number of nitrogens with zero attached hydrogens (tertiary/aromatic N) is 5. The number of likely N-dealkylation sites (N-methyl/N-ethyl adjacent to an activating group) is 1. The third-order valence-electron chi connectivity index (χ3n) is 3.10. The number of hydrogen-bond acceptors (Lipinski definition) is 5. The summed E-state index contributed by atoms with van der Waals surface area (Å²) in [5, 5.41) is 4.18. The van der Waals surface area contributed by atoms with Crippen LogP contribution in [0.4, 0.5) is 0 Å². The van der Waals surface area contributed by atoms with Crippen LogP contribution in [0.1, 0.15) is 13.8 Å². The average molecular weight is 313 g/mol. The van der Waals surface area contributed by atoms with E-state index in [1.165, 1.54) is 0 Å². The van der Waals surface area contributed by atoms with E-state index in [0.29, 0.717) is 12.5 Å². The van der Waals surface area contributed by atoms with Crippen molar-refractivity contribution in [2.45, 2.75) is 13.8 Å². The number of hydrogen-bond donors (Lipinski definition) is 0. The van der Waals surface area contributed by atoms with E-state index in [2.05, 4.69) is 20.0 Å². The van der Waals surface area contributed by atoms with Crippen molar-refractivity contribution in [3.63, 3.8) is 0 Å². The molecule has 0 N–H and O–H groups in total. The van der Waals surface area contributed by atoms with Gasteiger partial charge in [-0.05, 0) is 20.2 Å². The zero-order valence-corrected chi connectivity index (χ0v) is 14.1. The Morgan fingerprint density at radius 3 is 2.52 bits per heavy atom. The van der Waals surface area contributed by atoms with E-state index in [0.717, 1.165) is 23.3 Å². The number of aromatic nitrogens is 4. The first kappa shape index (κ1) is 16.9. The molecule has 0 saturated carbocycles. The van der Waals surface area contributed by atoms with Gasteiger partial charge in [0, 0.05) is 48.4 Å². The standard InChI is InChI=1S/C15H17N5O.C2H6/c1-19(2)7-8-21-15-4-3-12(9-17-15)13-10-16-14-5-6-18-20(14)11-13;1-2/h3-6,9-11H,7-8H2,1-2H3;1-2H3. The highest BCUT2D eigenvalue weighted by Gasteiger charge is 2.03. The van der Waals surface area contributed by atoms with E-state index >= 15 is 0 Å². The first-order valence-electron chi connectivity index (χ1n) is 7.76. The molecule has 0 aliphatic heterocycles. The average Bonchev–Trinajstić information content (AvgIpc) is 3.04. The lowest BCUT2D eigenvalue weighted by molar-refractivity contribution is 0.254. The predicted octanol–water partition coefficient (Wildman–Crippen LogP) is 2.76. The second-order valence-electron chi connectivity index (χ2n) is 5.01.